The molecule has 2 rings (SSSR count). The van der Waals surface area contributed by atoms with Crippen LogP contribution in [-0.4, -0.2) is 43.1 Å². The summed E-state index contributed by atoms with van der Waals surface area (Å²) in [6, 6.07) is 3.71. The van der Waals surface area contributed by atoms with Gasteiger partial charge in [-0.1, -0.05) is 17.7 Å². The summed E-state index contributed by atoms with van der Waals surface area (Å²) in [7, 11) is -3.65. The van der Waals surface area contributed by atoms with Crippen molar-refractivity contribution in [1.82, 2.24) is 4.90 Å². The molecule has 134 valence electrons. The van der Waals surface area contributed by atoms with Crippen molar-refractivity contribution < 1.29 is 18.0 Å². The highest BCUT2D eigenvalue weighted by molar-refractivity contribution is 7.89. The van der Waals surface area contributed by atoms with Crippen molar-refractivity contribution in [3.63, 3.8) is 0 Å². The largest absolute Gasteiger partial charge is 0.332 e. The molecule has 0 aromatic heterocycles. The fraction of sp³-hybridized carbons (Fsp3) is 0.400. The van der Waals surface area contributed by atoms with Crippen LogP contribution in [0.3, 0.4) is 0 Å². The molecule has 1 heterocycles. The van der Waals surface area contributed by atoms with Gasteiger partial charge in [-0.25, -0.2) is 28.1 Å². The van der Waals surface area contributed by atoms with E-state index in [4.69, 9.17) is 23.3 Å². The number of nitrogens with two attached hydrogens (primary N) is 1. The molecule has 1 aliphatic heterocycles. The summed E-state index contributed by atoms with van der Waals surface area (Å²) in [6.07, 6.45) is 0.118. The number of anilines is 1. The molecule has 1 fully saturated rings. The zero-order valence-corrected chi connectivity index (χ0v) is 15.3. The van der Waals surface area contributed by atoms with E-state index in [-0.39, 0.29) is 35.1 Å². The van der Waals surface area contributed by atoms with Crippen LogP contribution in [-0.2, 0) is 14.8 Å². The van der Waals surface area contributed by atoms with Gasteiger partial charge in [0.25, 0.3) is 5.91 Å². The van der Waals surface area contributed by atoms with E-state index in [1.807, 2.05) is 0 Å². The number of benzene rings is 1. The quantitative estimate of drug-likeness (QED) is 0.619. The van der Waals surface area contributed by atoms with Gasteiger partial charge in [0, 0.05) is 11.6 Å². The van der Waals surface area contributed by atoms with Crippen molar-refractivity contribution in [2.45, 2.75) is 25.8 Å². The third-order valence-electron chi connectivity index (χ3n) is 3.94. The van der Waals surface area contributed by atoms with E-state index in [1.165, 1.54) is 23.1 Å². The minimum atomic E-state index is -3.65. The third kappa shape index (κ3) is 3.76. The molecule has 0 unspecified atom stereocenters. The molecule has 0 saturated carbocycles. The molecule has 25 heavy (non-hydrogen) atoms. The molecule has 0 atom stereocenters. The molecule has 2 N–H and O–H groups in total. The molecular weight excluding hydrogens is 368 g/mol. The summed E-state index contributed by atoms with van der Waals surface area (Å²) < 4.78 is 22.1. The van der Waals surface area contributed by atoms with Crippen molar-refractivity contribution in [3.05, 3.63) is 34.6 Å². The number of hydrogen-bond acceptors (Lipinski definition) is 4. The van der Waals surface area contributed by atoms with Gasteiger partial charge in [0.05, 0.1) is 18.0 Å². The molecule has 0 bridgehead atoms. The third-order valence-corrected chi connectivity index (χ3v) is 5.10. The van der Waals surface area contributed by atoms with E-state index < -0.39 is 27.5 Å². The van der Waals surface area contributed by atoms with Crippen molar-refractivity contribution in [2.24, 2.45) is 5.14 Å². The lowest BCUT2D eigenvalue weighted by Crippen LogP contribution is -2.45. The number of urea groups is 1. The van der Waals surface area contributed by atoms with Crippen LogP contribution in [0.1, 0.15) is 20.3 Å². The summed E-state index contributed by atoms with van der Waals surface area (Å²) >= 11 is 5.99. The van der Waals surface area contributed by atoms with Gasteiger partial charge >= 0.3 is 6.03 Å². The Hall–Kier alpha value is -2.15. The van der Waals surface area contributed by atoms with Crippen molar-refractivity contribution >= 4 is 44.9 Å². The first-order valence-electron chi connectivity index (χ1n) is 7.32. The molecule has 0 radical (unpaired) electrons. The Morgan fingerprint density at radius 1 is 1.32 bits per heavy atom. The Morgan fingerprint density at radius 3 is 2.48 bits per heavy atom. The van der Waals surface area contributed by atoms with Crippen molar-refractivity contribution in [2.75, 3.05) is 17.2 Å². The lowest BCUT2D eigenvalue weighted by atomic mass is 10.0. The standard InChI is InChI=1S/C15H17ClN4O4S/c1-15(2)13(21)20(10-5-6-12(18-3)11(16)9-10)14(22)19(15)7-4-8-25(17,23)24/h5-6,9H,4,7-8H2,1-2H3,(H2,17,23,24). The highest BCUT2D eigenvalue weighted by Crippen LogP contribution is 2.35. The topological polar surface area (TPSA) is 105 Å². The Kier molecular flexibility index (Phi) is 5.09. The number of nitrogens with zero attached hydrogens (tertiary/aromatic N) is 3. The Labute approximate surface area is 151 Å². The number of carbonyl (C=O) groups is 2. The van der Waals surface area contributed by atoms with Crippen molar-refractivity contribution in [1.29, 1.82) is 0 Å². The van der Waals surface area contributed by atoms with Gasteiger partial charge in [0.15, 0.2) is 0 Å². The first-order valence-corrected chi connectivity index (χ1v) is 9.42. The van der Waals surface area contributed by atoms with Gasteiger partial charge in [0.1, 0.15) is 5.54 Å². The zero-order valence-electron chi connectivity index (χ0n) is 13.7. The summed E-state index contributed by atoms with van der Waals surface area (Å²) in [5, 5.41) is 5.10. The summed E-state index contributed by atoms with van der Waals surface area (Å²) in [6.45, 7) is 10.2. The molecule has 0 spiro atoms. The number of amides is 3. The van der Waals surface area contributed by atoms with Gasteiger partial charge in [-0.15, -0.1) is 0 Å². The fourth-order valence-corrected chi connectivity index (χ4v) is 3.34. The maximum atomic E-state index is 12.7. The van der Waals surface area contributed by atoms with E-state index in [1.54, 1.807) is 13.8 Å². The van der Waals surface area contributed by atoms with Gasteiger partial charge in [0.2, 0.25) is 15.7 Å². The number of rotatable bonds is 5. The van der Waals surface area contributed by atoms with Gasteiger partial charge in [-0.05, 0) is 32.4 Å². The first-order chi connectivity index (χ1) is 11.5. The normalized spacial score (nSPS) is 17.1. The van der Waals surface area contributed by atoms with Crippen LogP contribution in [0.5, 0.6) is 0 Å². The SMILES string of the molecule is [C-]#[N+]c1ccc(N2C(=O)N(CCCS(N)(=O)=O)C(C)(C)C2=O)cc1Cl. The molecule has 1 aromatic rings. The van der Waals surface area contributed by atoms with Crippen LogP contribution in [0.25, 0.3) is 4.85 Å². The highest BCUT2D eigenvalue weighted by Gasteiger charge is 2.51. The van der Waals surface area contributed by atoms with E-state index in [9.17, 15) is 18.0 Å². The van der Waals surface area contributed by atoms with Crippen LogP contribution in [0.2, 0.25) is 5.02 Å². The average molecular weight is 385 g/mol. The smallest absolute Gasteiger partial charge is 0.310 e. The van der Waals surface area contributed by atoms with Gasteiger partial charge in [-0.2, -0.15) is 0 Å². The predicted octanol–water partition coefficient (Wildman–Crippen LogP) is 2.12. The minimum absolute atomic E-state index is 0.0678. The lowest BCUT2D eigenvalue weighted by molar-refractivity contribution is -0.123. The van der Waals surface area contributed by atoms with Crippen LogP contribution in [0.15, 0.2) is 18.2 Å². The molecule has 10 heteroatoms. The molecule has 0 aliphatic carbocycles. The molecule has 8 nitrogen and oxygen atoms in total. The van der Waals surface area contributed by atoms with E-state index in [2.05, 4.69) is 4.85 Å². The predicted molar refractivity (Wildman–Crippen MR) is 94.0 cm³/mol. The van der Waals surface area contributed by atoms with Crippen LogP contribution >= 0.6 is 11.6 Å². The maximum absolute atomic E-state index is 12.7. The second-order valence-electron chi connectivity index (χ2n) is 6.10. The molecule has 3 amide bonds. The number of imide groups is 1. The van der Waals surface area contributed by atoms with E-state index in [0.29, 0.717) is 0 Å². The zero-order chi connectivity index (χ0) is 19.0. The maximum Gasteiger partial charge on any atom is 0.332 e. The second kappa shape index (κ2) is 6.63. The molecule has 1 aromatic carbocycles. The second-order valence-corrected chi connectivity index (χ2v) is 8.24. The number of primary sulfonamides is 1. The Morgan fingerprint density at radius 2 is 1.96 bits per heavy atom. The summed E-state index contributed by atoms with van der Waals surface area (Å²) in [5.41, 5.74) is -0.663. The van der Waals surface area contributed by atoms with Crippen LogP contribution in [0.4, 0.5) is 16.2 Å². The lowest BCUT2D eigenvalue weighted by Gasteiger charge is -2.27. The van der Waals surface area contributed by atoms with E-state index in [0.717, 1.165) is 4.90 Å². The Balaban J connectivity index is 2.30. The molecule has 1 saturated heterocycles. The summed E-state index contributed by atoms with van der Waals surface area (Å²) in [5.74, 6) is -0.744. The Bertz CT molecular complexity index is 876. The highest BCUT2D eigenvalue weighted by atomic mass is 35.5. The molecule has 1 aliphatic rings. The first kappa shape index (κ1) is 19.2. The average Bonchev–Trinajstić information content (AvgIpc) is 2.66. The number of hydrogen-bond donors (Lipinski definition) is 1. The molecular formula is C15H17ClN4O4S. The number of sulfonamides is 1. The fourth-order valence-electron chi connectivity index (χ4n) is 2.59. The van der Waals surface area contributed by atoms with Crippen LogP contribution in [0, 0.1) is 6.57 Å². The number of halogens is 1. The minimum Gasteiger partial charge on any atom is -0.310 e. The van der Waals surface area contributed by atoms with E-state index >= 15 is 0 Å². The van der Waals surface area contributed by atoms with Gasteiger partial charge in [-0.3, -0.25) is 4.79 Å². The van der Waals surface area contributed by atoms with Crippen LogP contribution < -0.4 is 10.0 Å². The number of carbonyl (C=O) groups excluding carboxylic acids is 2. The monoisotopic (exact) mass is 384 g/mol. The van der Waals surface area contributed by atoms with Crippen molar-refractivity contribution in [3.8, 4) is 0 Å². The summed E-state index contributed by atoms with van der Waals surface area (Å²) in [4.78, 5) is 30.9. The van der Waals surface area contributed by atoms with Gasteiger partial charge < -0.3 is 4.90 Å².